The SMILES string of the molecule is [2H]c1c([2H])c([2H])c([Si](c2c([2H])c([2H])c([2H])c([2H])c2[2H])(c2c([2H])c([2H])c([2H])c([2H])c2[2H])c2c([2H])c([2H])c([2H])c(-n3c4c([2H])c([2H])c([2H])c([2H])c4c4c([2H])c([2H])c(-n5c6c([2H])c([2H])c([2H])c([2H])c6c6c([2H])c(-c7c([2H])c([2H])c([2H])c([2H])c7-n7c8c([2H])c([2H])c([2H])c([2H])c8c8c([2H])c([2H])c([2H])c([2H])c87)c([2H])c([2H])c65)c([2H])c43)c2[2H])c([2H])c1[2H]. The van der Waals surface area contributed by atoms with Gasteiger partial charge in [0.25, 0.3) is 0 Å². The summed E-state index contributed by atoms with van der Waals surface area (Å²) in [4.78, 5) is 0. The summed E-state index contributed by atoms with van der Waals surface area (Å²) in [5, 5.41) is -10.3. The van der Waals surface area contributed by atoms with Crippen LogP contribution in [0.4, 0.5) is 0 Å². The molecule has 0 saturated carbocycles. The smallest absolute Gasteiger partial charge is 0.179 e. The summed E-state index contributed by atoms with van der Waals surface area (Å²) < 4.78 is 426. The molecule has 0 saturated heterocycles. The van der Waals surface area contributed by atoms with Crippen LogP contribution in [0.2, 0.25) is 0 Å². The Morgan fingerprint density at radius 1 is 0.257 bits per heavy atom. The molecule has 0 amide bonds. The van der Waals surface area contributed by atoms with Gasteiger partial charge >= 0.3 is 0 Å². The van der Waals surface area contributed by atoms with Crippen molar-refractivity contribution in [1.82, 2.24) is 13.7 Å². The molecule has 0 radical (unpaired) electrons. The summed E-state index contributed by atoms with van der Waals surface area (Å²) in [6.45, 7) is 0. The van der Waals surface area contributed by atoms with Crippen LogP contribution in [0.5, 0.6) is 0 Å². The first-order chi connectivity index (χ1) is 53.5. The maximum Gasteiger partial charge on any atom is 0.179 e. The number of benzene rings is 11. The van der Waals surface area contributed by atoms with Crippen molar-refractivity contribution in [2.24, 2.45) is 0 Å². The highest BCUT2D eigenvalue weighted by Gasteiger charge is 2.41. The highest BCUT2D eigenvalue weighted by Crippen LogP contribution is 2.41. The number of rotatable bonds is 8. The van der Waals surface area contributed by atoms with E-state index in [9.17, 15) is 32.9 Å². The van der Waals surface area contributed by atoms with Crippen LogP contribution in [-0.2, 0) is 0 Å². The van der Waals surface area contributed by atoms with Crippen LogP contribution in [0.1, 0.15) is 61.7 Å². The molecule has 14 rings (SSSR count). The van der Waals surface area contributed by atoms with Crippen LogP contribution in [0.3, 0.4) is 0 Å². The van der Waals surface area contributed by atoms with E-state index >= 15 is 0 Å². The van der Waals surface area contributed by atoms with E-state index in [2.05, 4.69) is 0 Å². The van der Waals surface area contributed by atoms with Crippen LogP contribution in [0.15, 0.2) is 272 Å². The van der Waals surface area contributed by atoms with Crippen LogP contribution in [0, 0.1) is 0 Å². The molecular formula is C66H45N3Si. The Hall–Kier alpha value is -8.96. The topological polar surface area (TPSA) is 14.8 Å². The lowest BCUT2D eigenvalue weighted by Gasteiger charge is -2.34. The quantitative estimate of drug-likeness (QED) is 0.106. The third kappa shape index (κ3) is 6.00. The van der Waals surface area contributed by atoms with Gasteiger partial charge in [0.05, 0.1) is 100 Å². The minimum Gasteiger partial charge on any atom is -0.309 e. The van der Waals surface area contributed by atoms with E-state index in [4.69, 9.17) is 28.8 Å². The molecule has 0 unspecified atom stereocenters. The molecule has 70 heavy (non-hydrogen) atoms. The maximum atomic E-state index is 10.8. The van der Waals surface area contributed by atoms with Crippen LogP contribution in [-0.4, -0.2) is 21.8 Å². The van der Waals surface area contributed by atoms with E-state index in [1.54, 1.807) is 0 Å². The molecule has 0 aliphatic rings. The summed E-state index contributed by atoms with van der Waals surface area (Å²) in [6, 6.07) is -56.0. The largest absolute Gasteiger partial charge is 0.309 e. The molecule has 0 spiro atoms. The molecule has 0 fully saturated rings. The Balaban J connectivity index is 1.23. The second-order valence-corrected chi connectivity index (χ2v) is 18.5. The Bertz CT molecular complexity index is 6700. The van der Waals surface area contributed by atoms with Crippen molar-refractivity contribution in [2.75, 3.05) is 0 Å². The number of hydrogen-bond acceptors (Lipinski definition) is 0. The van der Waals surface area contributed by atoms with Crippen LogP contribution >= 0.6 is 0 Å². The predicted molar refractivity (Wildman–Crippen MR) is 299 cm³/mol. The Morgan fingerprint density at radius 3 is 1.24 bits per heavy atom. The molecule has 3 heterocycles. The number of fused-ring (bicyclic) bond motifs is 9. The number of nitrogens with zero attached hydrogens (tertiary/aromatic N) is 3. The molecule has 3 aromatic heterocycles. The van der Waals surface area contributed by atoms with Crippen molar-refractivity contribution in [3.8, 4) is 28.2 Å². The molecule has 14 aromatic rings. The summed E-state index contributed by atoms with van der Waals surface area (Å²) in [5.74, 6) is 0. The lowest BCUT2D eigenvalue weighted by molar-refractivity contribution is 1.16. The Kier molecular flexibility index (Phi) is 3.57. The van der Waals surface area contributed by atoms with E-state index in [0.717, 1.165) is 0 Å². The minimum atomic E-state index is -6.77. The fourth-order valence-electron chi connectivity index (χ4n) is 8.69. The normalized spacial score (nSPS) is 21.0. The number of aromatic nitrogens is 3. The zero-order valence-electron chi connectivity index (χ0n) is 79.8. The summed E-state index contributed by atoms with van der Waals surface area (Å²) in [7, 11) is -6.77. The third-order valence-electron chi connectivity index (χ3n) is 11.5. The zero-order chi connectivity index (χ0) is 85.3. The third-order valence-corrected chi connectivity index (χ3v) is 15.5. The van der Waals surface area contributed by atoms with Crippen molar-refractivity contribution in [1.29, 1.82) is 0 Å². The van der Waals surface area contributed by atoms with Gasteiger partial charge in [-0.2, -0.15) is 0 Å². The van der Waals surface area contributed by atoms with Gasteiger partial charge in [-0.15, -0.1) is 0 Å². The molecule has 328 valence electrons. The molecule has 0 N–H and O–H groups in total. The molecular weight excluding hydrogens is 863 g/mol. The number of hydrogen-bond donors (Lipinski definition) is 0. The highest BCUT2D eigenvalue weighted by atomic mass is 28.3. The first kappa shape index (κ1) is 15.5. The van der Waals surface area contributed by atoms with Gasteiger partial charge in [0.1, 0.15) is 0 Å². The summed E-state index contributed by atoms with van der Waals surface area (Å²) in [5.41, 5.74) is -11.4. The molecule has 0 aliphatic heterocycles. The standard InChI is InChI=1S/C66H45N3Si/c1-4-22-49(23-5-1)70(50-24-6-2-7-25-50,51-26-8-3-9-27-51)52-28-20-21-47(44-52)68-61-35-16-11-32-56(61)58-41-40-48(45-66(58)68)67-62-36-17-14-33-57(62)59-43-46(39-42-65(59)67)53-29-10-15-34-60(53)69-63-37-18-12-30-54(63)55-31-13-19-38-64(55)69/h1-45H/i1D,2D,3D,4D,5D,6D,7D,8D,9D,10D,11D,12D,13D,14D,15D,16D,17D,18D,19D,20D,21D,22D,23D,24D,25D,26D,27D,28D,29D,30D,31D,32D,33D,34D,35D,36D,37D,38D,39D,40D,41D,42D,43D,44D,45D. The van der Waals surface area contributed by atoms with Crippen molar-refractivity contribution in [2.45, 2.75) is 0 Å². The van der Waals surface area contributed by atoms with Gasteiger partial charge in [0, 0.05) is 49.3 Å². The van der Waals surface area contributed by atoms with Crippen molar-refractivity contribution in [3.05, 3.63) is 272 Å². The number of para-hydroxylation sites is 5. The van der Waals surface area contributed by atoms with Gasteiger partial charge in [-0.05, 0) is 92.8 Å². The molecule has 0 atom stereocenters. The van der Waals surface area contributed by atoms with E-state index < -0.39 is 394 Å². The van der Waals surface area contributed by atoms with Crippen molar-refractivity contribution < 1.29 is 61.7 Å². The predicted octanol–water partition coefficient (Wildman–Crippen LogP) is 14.0. The molecule has 3 nitrogen and oxygen atoms in total. The van der Waals surface area contributed by atoms with Crippen LogP contribution < -0.4 is 20.7 Å². The van der Waals surface area contributed by atoms with Crippen LogP contribution in [0.25, 0.3) is 93.6 Å². The lowest BCUT2D eigenvalue weighted by atomic mass is 10.0. The fourth-order valence-corrected chi connectivity index (χ4v) is 12.3. The lowest BCUT2D eigenvalue weighted by Crippen LogP contribution is -2.74. The summed E-state index contributed by atoms with van der Waals surface area (Å²) >= 11 is 0. The van der Waals surface area contributed by atoms with Crippen molar-refractivity contribution in [3.63, 3.8) is 0 Å². The molecule has 0 aliphatic carbocycles. The van der Waals surface area contributed by atoms with Gasteiger partial charge < -0.3 is 13.7 Å². The average molecular weight is 953 g/mol. The van der Waals surface area contributed by atoms with Gasteiger partial charge in [-0.1, -0.05) is 205 Å². The van der Waals surface area contributed by atoms with E-state index in [1.807, 2.05) is 0 Å². The minimum absolute atomic E-state index is 0.400. The monoisotopic (exact) mass is 953 g/mol. The van der Waals surface area contributed by atoms with Gasteiger partial charge in [0.15, 0.2) is 8.07 Å². The van der Waals surface area contributed by atoms with E-state index in [0.29, 0.717) is 13.7 Å². The fraction of sp³-hybridized carbons (Fsp3) is 0. The molecule has 0 bridgehead atoms. The van der Waals surface area contributed by atoms with Crippen molar-refractivity contribution >= 4 is 94.2 Å². The second kappa shape index (κ2) is 16.1. The van der Waals surface area contributed by atoms with Gasteiger partial charge in [-0.25, -0.2) is 0 Å². The van der Waals surface area contributed by atoms with E-state index in [1.165, 1.54) is 0 Å². The molecule has 11 aromatic carbocycles. The zero-order valence-corrected chi connectivity index (χ0v) is 35.8. The van der Waals surface area contributed by atoms with Gasteiger partial charge in [-0.3, -0.25) is 0 Å². The van der Waals surface area contributed by atoms with Gasteiger partial charge in [0.2, 0.25) is 0 Å². The summed E-state index contributed by atoms with van der Waals surface area (Å²) in [6.07, 6.45) is 0. The van der Waals surface area contributed by atoms with E-state index in [-0.39, 0.29) is 0 Å². The Morgan fingerprint density at radius 2 is 0.671 bits per heavy atom. The average Bonchev–Trinajstić information content (AvgIpc) is 1.62. The maximum absolute atomic E-state index is 10.8. The first-order valence-corrected chi connectivity index (χ1v) is 22.5. The second-order valence-electron chi connectivity index (χ2n) is 15.0. The Labute approximate surface area is 470 Å². The molecule has 4 heteroatoms. The first-order valence-electron chi connectivity index (χ1n) is 43.0. The highest BCUT2D eigenvalue weighted by molar-refractivity contribution is 7.19.